The average Bonchev–Trinajstić information content (AvgIpc) is 2.49. The number of amides is 1. The first-order valence-corrected chi connectivity index (χ1v) is 7.18. The van der Waals surface area contributed by atoms with Crippen molar-refractivity contribution in [3.8, 4) is 5.75 Å². The molecule has 0 unspecified atom stereocenters. The first kappa shape index (κ1) is 16.8. The van der Waals surface area contributed by atoms with E-state index in [0.717, 1.165) is 11.1 Å². The Bertz CT molecular complexity index is 762. The molecule has 0 aliphatic heterocycles. The van der Waals surface area contributed by atoms with Crippen LogP contribution in [0.4, 0.5) is 11.4 Å². The molecule has 6 nitrogen and oxygen atoms in total. The Hall–Kier alpha value is -2.60. The summed E-state index contributed by atoms with van der Waals surface area (Å²) in [6, 6.07) is 9.55. The van der Waals surface area contributed by atoms with Crippen molar-refractivity contribution >= 4 is 28.9 Å². The number of anilines is 1. The molecule has 1 N–H and O–H groups in total. The number of carbonyl (C=O) groups is 1. The van der Waals surface area contributed by atoms with Crippen LogP contribution in [0.2, 0.25) is 5.02 Å². The Morgan fingerprint density at radius 3 is 2.65 bits per heavy atom. The van der Waals surface area contributed by atoms with Crippen LogP contribution in [0.1, 0.15) is 11.1 Å². The summed E-state index contributed by atoms with van der Waals surface area (Å²) in [4.78, 5) is 22.0. The Labute approximate surface area is 138 Å². The summed E-state index contributed by atoms with van der Waals surface area (Å²) < 4.78 is 5.31. The van der Waals surface area contributed by atoms with E-state index in [4.69, 9.17) is 16.3 Å². The molecule has 7 heteroatoms. The highest BCUT2D eigenvalue weighted by Gasteiger charge is 2.12. The van der Waals surface area contributed by atoms with Crippen molar-refractivity contribution in [2.24, 2.45) is 0 Å². The molecular formula is C16H15ClN2O4. The normalized spacial score (nSPS) is 10.2. The molecule has 0 saturated heterocycles. The van der Waals surface area contributed by atoms with Crippen molar-refractivity contribution in [3.63, 3.8) is 0 Å². The number of hydrogen-bond donors (Lipinski definition) is 1. The van der Waals surface area contributed by atoms with E-state index in [1.54, 1.807) is 0 Å². The lowest BCUT2D eigenvalue weighted by molar-refractivity contribution is -0.384. The molecule has 0 saturated carbocycles. The molecule has 0 aromatic heterocycles. The van der Waals surface area contributed by atoms with Crippen LogP contribution in [-0.2, 0) is 4.79 Å². The lowest BCUT2D eigenvalue weighted by Crippen LogP contribution is -2.20. The number of carbonyl (C=O) groups excluding carboxylic acids is 1. The van der Waals surface area contributed by atoms with Gasteiger partial charge in [-0.05, 0) is 37.1 Å². The van der Waals surface area contributed by atoms with Gasteiger partial charge in [-0.15, -0.1) is 0 Å². The highest BCUT2D eigenvalue weighted by Crippen LogP contribution is 2.28. The maximum Gasteiger partial charge on any atom is 0.271 e. The largest absolute Gasteiger partial charge is 0.482 e. The van der Waals surface area contributed by atoms with E-state index in [-0.39, 0.29) is 29.0 Å². The summed E-state index contributed by atoms with van der Waals surface area (Å²) in [5.41, 5.74) is 2.55. The third kappa shape index (κ3) is 4.43. The summed E-state index contributed by atoms with van der Waals surface area (Å²) in [6.07, 6.45) is 0. The van der Waals surface area contributed by atoms with E-state index in [2.05, 4.69) is 5.32 Å². The van der Waals surface area contributed by atoms with E-state index in [1.807, 2.05) is 32.0 Å². The predicted octanol–water partition coefficient (Wildman–Crippen LogP) is 3.88. The number of nitro benzene ring substituents is 1. The number of rotatable bonds is 5. The van der Waals surface area contributed by atoms with Crippen LogP contribution >= 0.6 is 11.6 Å². The van der Waals surface area contributed by atoms with Gasteiger partial charge in [0.25, 0.3) is 11.6 Å². The summed E-state index contributed by atoms with van der Waals surface area (Å²) in [5.74, 6) is -0.124. The summed E-state index contributed by atoms with van der Waals surface area (Å²) >= 11 is 5.90. The molecule has 0 aliphatic rings. The number of halogens is 1. The van der Waals surface area contributed by atoms with Gasteiger partial charge in [0.1, 0.15) is 5.75 Å². The number of hydrogen-bond acceptors (Lipinski definition) is 4. The molecule has 1 amide bonds. The quantitative estimate of drug-likeness (QED) is 0.664. The van der Waals surface area contributed by atoms with Gasteiger partial charge in [-0.3, -0.25) is 14.9 Å². The minimum atomic E-state index is -0.553. The predicted molar refractivity (Wildman–Crippen MR) is 88.1 cm³/mol. The molecule has 0 spiro atoms. The second-order valence-corrected chi connectivity index (χ2v) is 5.43. The molecular weight excluding hydrogens is 320 g/mol. The molecule has 0 bridgehead atoms. The Kier molecular flexibility index (Phi) is 5.18. The standard InChI is InChI=1S/C16H15ClN2O4/c1-10-3-4-11(2)14(7-10)18-16(20)9-23-15-6-5-12(19(21)22)8-13(15)17/h3-8H,9H2,1-2H3,(H,18,20). The summed E-state index contributed by atoms with van der Waals surface area (Å²) in [5, 5.41) is 13.5. The highest BCUT2D eigenvalue weighted by molar-refractivity contribution is 6.32. The van der Waals surface area contributed by atoms with Crippen molar-refractivity contribution in [3.05, 3.63) is 62.7 Å². The molecule has 2 aromatic rings. The number of ether oxygens (including phenoxy) is 1. The number of non-ortho nitro benzene ring substituents is 1. The molecule has 0 fully saturated rings. The number of nitro groups is 1. The van der Waals surface area contributed by atoms with Gasteiger partial charge in [-0.2, -0.15) is 0 Å². The van der Waals surface area contributed by atoms with E-state index >= 15 is 0 Å². The third-order valence-corrected chi connectivity index (χ3v) is 3.45. The zero-order chi connectivity index (χ0) is 17.0. The van der Waals surface area contributed by atoms with Crippen LogP contribution < -0.4 is 10.1 Å². The Morgan fingerprint density at radius 2 is 2.00 bits per heavy atom. The van der Waals surface area contributed by atoms with Crippen LogP contribution in [0, 0.1) is 24.0 Å². The van der Waals surface area contributed by atoms with E-state index in [0.29, 0.717) is 5.69 Å². The molecule has 0 radical (unpaired) electrons. The monoisotopic (exact) mass is 334 g/mol. The topological polar surface area (TPSA) is 81.5 Å². The van der Waals surface area contributed by atoms with E-state index in [1.165, 1.54) is 18.2 Å². The van der Waals surface area contributed by atoms with Crippen molar-refractivity contribution in [1.29, 1.82) is 0 Å². The minimum absolute atomic E-state index is 0.0822. The van der Waals surface area contributed by atoms with Gasteiger partial charge in [0.05, 0.1) is 9.95 Å². The van der Waals surface area contributed by atoms with Crippen molar-refractivity contribution in [1.82, 2.24) is 0 Å². The maximum atomic E-state index is 11.9. The Balaban J connectivity index is 1.99. The molecule has 0 atom stereocenters. The number of nitrogens with one attached hydrogen (secondary N) is 1. The van der Waals surface area contributed by atoms with Gasteiger partial charge in [0.2, 0.25) is 0 Å². The van der Waals surface area contributed by atoms with E-state index in [9.17, 15) is 14.9 Å². The fraction of sp³-hybridized carbons (Fsp3) is 0.188. The van der Waals surface area contributed by atoms with Gasteiger partial charge in [0, 0.05) is 17.8 Å². The maximum absolute atomic E-state index is 11.9. The van der Waals surface area contributed by atoms with Crippen molar-refractivity contribution in [2.75, 3.05) is 11.9 Å². The van der Waals surface area contributed by atoms with E-state index < -0.39 is 4.92 Å². The molecule has 2 rings (SSSR count). The SMILES string of the molecule is Cc1ccc(C)c(NC(=O)COc2ccc([N+](=O)[O-])cc2Cl)c1. The second kappa shape index (κ2) is 7.11. The molecule has 2 aromatic carbocycles. The van der Waals surface area contributed by atoms with Crippen LogP contribution in [0.15, 0.2) is 36.4 Å². The second-order valence-electron chi connectivity index (χ2n) is 5.03. The zero-order valence-corrected chi connectivity index (χ0v) is 13.4. The first-order valence-electron chi connectivity index (χ1n) is 6.80. The average molecular weight is 335 g/mol. The third-order valence-electron chi connectivity index (χ3n) is 3.15. The van der Waals surface area contributed by atoms with Gasteiger partial charge in [-0.25, -0.2) is 0 Å². The summed E-state index contributed by atoms with van der Waals surface area (Å²) in [7, 11) is 0. The lowest BCUT2D eigenvalue weighted by Gasteiger charge is -2.11. The van der Waals surface area contributed by atoms with Crippen molar-refractivity contribution < 1.29 is 14.5 Å². The zero-order valence-electron chi connectivity index (χ0n) is 12.6. The van der Waals surface area contributed by atoms with Crippen LogP contribution in [0.5, 0.6) is 5.75 Å². The summed E-state index contributed by atoms with van der Waals surface area (Å²) in [6.45, 7) is 3.58. The molecule has 0 aliphatic carbocycles. The number of aryl methyl sites for hydroxylation is 2. The van der Waals surface area contributed by atoms with Crippen molar-refractivity contribution in [2.45, 2.75) is 13.8 Å². The van der Waals surface area contributed by atoms with Gasteiger partial charge >= 0.3 is 0 Å². The van der Waals surface area contributed by atoms with Crippen LogP contribution in [0.25, 0.3) is 0 Å². The van der Waals surface area contributed by atoms with Gasteiger partial charge in [0.15, 0.2) is 6.61 Å². The highest BCUT2D eigenvalue weighted by atomic mass is 35.5. The number of nitrogens with zero attached hydrogens (tertiary/aromatic N) is 1. The first-order chi connectivity index (χ1) is 10.9. The molecule has 0 heterocycles. The Morgan fingerprint density at radius 1 is 1.26 bits per heavy atom. The van der Waals surface area contributed by atoms with Crippen LogP contribution in [-0.4, -0.2) is 17.4 Å². The fourth-order valence-corrected chi connectivity index (χ4v) is 2.15. The number of benzene rings is 2. The lowest BCUT2D eigenvalue weighted by atomic mass is 10.1. The smallest absolute Gasteiger partial charge is 0.271 e. The minimum Gasteiger partial charge on any atom is -0.482 e. The van der Waals surface area contributed by atoms with Crippen LogP contribution in [0.3, 0.4) is 0 Å². The molecule has 120 valence electrons. The van der Waals surface area contributed by atoms with Gasteiger partial charge < -0.3 is 10.1 Å². The fourth-order valence-electron chi connectivity index (χ4n) is 1.92. The van der Waals surface area contributed by atoms with Gasteiger partial charge in [-0.1, -0.05) is 23.7 Å². The molecule has 23 heavy (non-hydrogen) atoms.